The molecule has 0 spiro atoms. The van der Waals surface area contributed by atoms with Gasteiger partial charge >= 0.3 is 0 Å². The summed E-state index contributed by atoms with van der Waals surface area (Å²) in [6.45, 7) is 3.48. The van der Waals surface area contributed by atoms with Crippen LogP contribution in [-0.2, 0) is 17.5 Å². The quantitative estimate of drug-likeness (QED) is 0.806. The molecule has 1 unspecified atom stereocenters. The SMILES string of the molecule is CCN1Cc2cc(OC)c(OC)cc2S1=O. The molecule has 1 atom stereocenters. The lowest BCUT2D eigenvalue weighted by Gasteiger charge is -2.08. The Balaban J connectivity index is 2.47. The number of hydrogen-bond acceptors (Lipinski definition) is 3. The van der Waals surface area contributed by atoms with Gasteiger partial charge in [-0.1, -0.05) is 6.92 Å². The molecule has 2 rings (SSSR count). The molecule has 0 fully saturated rings. The highest BCUT2D eigenvalue weighted by molar-refractivity contribution is 7.83. The molecule has 1 aliphatic rings. The first-order valence-corrected chi connectivity index (χ1v) is 6.23. The number of methoxy groups -OCH3 is 2. The van der Waals surface area contributed by atoms with Gasteiger partial charge in [-0.2, -0.15) is 0 Å². The van der Waals surface area contributed by atoms with Crippen molar-refractivity contribution in [1.29, 1.82) is 0 Å². The topological polar surface area (TPSA) is 38.8 Å². The predicted molar refractivity (Wildman–Crippen MR) is 62.0 cm³/mol. The Kier molecular flexibility index (Phi) is 3.16. The van der Waals surface area contributed by atoms with Crippen molar-refractivity contribution in [2.45, 2.75) is 18.4 Å². The first-order chi connectivity index (χ1) is 7.71. The smallest absolute Gasteiger partial charge is 0.161 e. The summed E-state index contributed by atoms with van der Waals surface area (Å²) in [7, 11) is 2.13. The maximum absolute atomic E-state index is 12.0. The Labute approximate surface area is 97.7 Å². The van der Waals surface area contributed by atoms with E-state index in [0.29, 0.717) is 18.0 Å². The summed E-state index contributed by atoms with van der Waals surface area (Å²) in [4.78, 5) is 0.833. The van der Waals surface area contributed by atoms with Gasteiger partial charge in [-0.15, -0.1) is 0 Å². The van der Waals surface area contributed by atoms with Crippen LogP contribution in [0.15, 0.2) is 17.0 Å². The molecule has 88 valence electrons. The van der Waals surface area contributed by atoms with Crippen LogP contribution in [0.5, 0.6) is 11.5 Å². The van der Waals surface area contributed by atoms with E-state index in [-0.39, 0.29) is 0 Å². The number of nitrogens with zero attached hydrogens (tertiary/aromatic N) is 1. The molecule has 0 radical (unpaired) electrons. The highest BCUT2D eigenvalue weighted by atomic mass is 32.2. The summed E-state index contributed by atoms with van der Waals surface area (Å²) in [6.07, 6.45) is 0. The van der Waals surface area contributed by atoms with E-state index in [4.69, 9.17) is 9.47 Å². The zero-order valence-corrected chi connectivity index (χ0v) is 10.5. The molecule has 0 saturated carbocycles. The molecule has 0 aromatic heterocycles. The van der Waals surface area contributed by atoms with Crippen LogP contribution >= 0.6 is 0 Å². The molecule has 0 amide bonds. The number of benzene rings is 1. The first kappa shape index (κ1) is 11.4. The molecule has 0 aliphatic carbocycles. The van der Waals surface area contributed by atoms with Crippen LogP contribution < -0.4 is 9.47 Å². The molecular weight excluding hydrogens is 226 g/mol. The molecule has 1 aromatic rings. The first-order valence-electron chi connectivity index (χ1n) is 5.13. The van der Waals surface area contributed by atoms with Crippen LogP contribution in [0.25, 0.3) is 0 Å². The van der Waals surface area contributed by atoms with Gasteiger partial charge in [-0.05, 0) is 11.6 Å². The summed E-state index contributed by atoms with van der Waals surface area (Å²) in [6, 6.07) is 3.71. The van der Waals surface area contributed by atoms with Gasteiger partial charge in [-0.25, -0.2) is 8.51 Å². The Bertz CT molecular complexity index is 433. The van der Waals surface area contributed by atoms with Gasteiger partial charge in [0.15, 0.2) is 11.5 Å². The standard InChI is InChI=1S/C11H15NO3S/c1-4-12-7-8-5-9(14-2)10(15-3)6-11(8)16(12)13/h5-6H,4,7H2,1-3H3. The zero-order chi connectivity index (χ0) is 11.7. The van der Waals surface area contributed by atoms with E-state index in [2.05, 4.69) is 0 Å². The van der Waals surface area contributed by atoms with Crippen LogP contribution in [0.3, 0.4) is 0 Å². The van der Waals surface area contributed by atoms with Crippen LogP contribution in [-0.4, -0.2) is 29.3 Å². The van der Waals surface area contributed by atoms with E-state index in [9.17, 15) is 4.21 Å². The molecule has 16 heavy (non-hydrogen) atoms. The summed E-state index contributed by atoms with van der Waals surface area (Å²) in [5.74, 6) is 1.32. The van der Waals surface area contributed by atoms with Crippen LogP contribution in [0, 0.1) is 0 Å². The Hall–Kier alpha value is -1.07. The van der Waals surface area contributed by atoms with Crippen molar-refractivity contribution in [2.24, 2.45) is 0 Å². The van der Waals surface area contributed by atoms with Gasteiger partial charge in [0.1, 0.15) is 11.0 Å². The largest absolute Gasteiger partial charge is 0.493 e. The van der Waals surface area contributed by atoms with E-state index in [1.54, 1.807) is 20.3 Å². The molecular formula is C11H15NO3S. The van der Waals surface area contributed by atoms with E-state index < -0.39 is 11.0 Å². The minimum Gasteiger partial charge on any atom is -0.493 e. The van der Waals surface area contributed by atoms with E-state index >= 15 is 0 Å². The third kappa shape index (κ3) is 1.70. The van der Waals surface area contributed by atoms with Crippen molar-refractivity contribution in [2.75, 3.05) is 20.8 Å². The van der Waals surface area contributed by atoms with Gasteiger partial charge < -0.3 is 9.47 Å². The Morgan fingerprint density at radius 1 is 1.31 bits per heavy atom. The maximum Gasteiger partial charge on any atom is 0.161 e. The minimum absolute atomic E-state index is 0.632. The van der Waals surface area contributed by atoms with Crippen LogP contribution in [0.1, 0.15) is 12.5 Å². The molecule has 5 heteroatoms. The predicted octanol–water partition coefficient (Wildman–Crippen LogP) is 1.56. The summed E-state index contributed by atoms with van der Waals surface area (Å²) >= 11 is 0. The highest BCUT2D eigenvalue weighted by Gasteiger charge is 2.27. The molecule has 1 aliphatic heterocycles. The summed E-state index contributed by atoms with van der Waals surface area (Å²) in [5, 5.41) is 0. The average molecular weight is 241 g/mol. The van der Waals surface area contributed by atoms with E-state index in [1.807, 2.05) is 17.3 Å². The monoisotopic (exact) mass is 241 g/mol. The van der Waals surface area contributed by atoms with Crippen molar-refractivity contribution in [3.63, 3.8) is 0 Å². The second-order valence-corrected chi connectivity index (χ2v) is 4.97. The second kappa shape index (κ2) is 4.43. The van der Waals surface area contributed by atoms with Gasteiger partial charge in [0, 0.05) is 19.2 Å². The van der Waals surface area contributed by atoms with Crippen molar-refractivity contribution in [3.05, 3.63) is 17.7 Å². The van der Waals surface area contributed by atoms with Gasteiger partial charge in [0.05, 0.1) is 19.1 Å². The average Bonchev–Trinajstić information content (AvgIpc) is 2.63. The van der Waals surface area contributed by atoms with Crippen LogP contribution in [0.2, 0.25) is 0 Å². The fraction of sp³-hybridized carbons (Fsp3) is 0.455. The number of hydrogen-bond donors (Lipinski definition) is 0. The molecule has 1 aromatic carbocycles. The molecule has 0 bridgehead atoms. The normalized spacial score (nSPS) is 19.6. The van der Waals surface area contributed by atoms with Crippen molar-refractivity contribution < 1.29 is 13.7 Å². The Morgan fingerprint density at radius 3 is 2.50 bits per heavy atom. The third-order valence-electron chi connectivity index (χ3n) is 2.69. The van der Waals surface area contributed by atoms with Crippen molar-refractivity contribution in [1.82, 2.24) is 4.31 Å². The maximum atomic E-state index is 12.0. The van der Waals surface area contributed by atoms with Gasteiger partial charge in [-0.3, -0.25) is 0 Å². The second-order valence-electron chi connectivity index (χ2n) is 3.52. The summed E-state index contributed by atoms with van der Waals surface area (Å²) < 4.78 is 24.4. The number of rotatable bonds is 3. The fourth-order valence-corrected chi connectivity index (χ4v) is 3.13. The van der Waals surface area contributed by atoms with Gasteiger partial charge in [0.25, 0.3) is 0 Å². The van der Waals surface area contributed by atoms with E-state index in [1.165, 1.54) is 0 Å². The zero-order valence-electron chi connectivity index (χ0n) is 9.65. The lowest BCUT2D eigenvalue weighted by atomic mass is 10.2. The Morgan fingerprint density at radius 2 is 1.94 bits per heavy atom. The number of ether oxygens (including phenoxy) is 2. The van der Waals surface area contributed by atoms with E-state index in [0.717, 1.165) is 17.0 Å². The van der Waals surface area contributed by atoms with Gasteiger partial charge in [0.2, 0.25) is 0 Å². The fourth-order valence-electron chi connectivity index (χ4n) is 1.81. The van der Waals surface area contributed by atoms with Crippen LogP contribution in [0.4, 0.5) is 0 Å². The number of fused-ring (bicyclic) bond motifs is 1. The van der Waals surface area contributed by atoms with Crippen molar-refractivity contribution >= 4 is 11.0 Å². The molecule has 1 heterocycles. The lowest BCUT2D eigenvalue weighted by molar-refractivity contribution is 0.353. The molecule has 0 N–H and O–H groups in total. The highest BCUT2D eigenvalue weighted by Crippen LogP contribution is 2.36. The van der Waals surface area contributed by atoms with Crippen molar-refractivity contribution in [3.8, 4) is 11.5 Å². The molecule has 0 saturated heterocycles. The molecule has 4 nitrogen and oxygen atoms in total. The lowest BCUT2D eigenvalue weighted by Crippen LogP contribution is -2.18. The third-order valence-corrected chi connectivity index (χ3v) is 4.30. The minimum atomic E-state index is -1.06. The summed E-state index contributed by atoms with van der Waals surface area (Å²) in [5.41, 5.74) is 1.05.